The first-order valence-electron chi connectivity index (χ1n) is 12.4. The van der Waals surface area contributed by atoms with Gasteiger partial charge in [0.1, 0.15) is 0 Å². The van der Waals surface area contributed by atoms with Gasteiger partial charge in [-0.15, -0.1) is 0 Å². The van der Waals surface area contributed by atoms with Crippen molar-refractivity contribution in [2.24, 2.45) is 4.99 Å². The van der Waals surface area contributed by atoms with Crippen LogP contribution in [0, 0.1) is 0 Å². The Hall–Kier alpha value is -0.890. The third kappa shape index (κ3) is 7.36. The summed E-state index contributed by atoms with van der Waals surface area (Å²) in [5, 5.41) is 3.51. The third-order valence-corrected chi connectivity index (χ3v) is 6.85. The van der Waals surface area contributed by atoms with Crippen LogP contribution in [-0.4, -0.2) is 111 Å². The van der Waals surface area contributed by atoms with Gasteiger partial charge in [-0.1, -0.05) is 6.92 Å². The summed E-state index contributed by atoms with van der Waals surface area (Å²) >= 11 is 0. The monoisotopic (exact) mass is 423 g/mol. The Morgan fingerprint density at radius 3 is 2.47 bits per heavy atom. The lowest BCUT2D eigenvalue weighted by atomic mass is 10.1. The highest BCUT2D eigenvalue weighted by Crippen LogP contribution is 2.18. The van der Waals surface area contributed by atoms with E-state index in [0.717, 1.165) is 84.2 Å². The fourth-order valence-corrected chi connectivity index (χ4v) is 4.70. The van der Waals surface area contributed by atoms with Crippen LogP contribution in [-0.2, 0) is 9.47 Å². The fraction of sp³-hybridized carbons (Fsp3) is 0.957. The van der Waals surface area contributed by atoms with Crippen LogP contribution in [0.25, 0.3) is 0 Å². The molecule has 2 atom stereocenters. The van der Waals surface area contributed by atoms with Crippen LogP contribution in [0.3, 0.4) is 0 Å². The average molecular weight is 424 g/mol. The van der Waals surface area contributed by atoms with Gasteiger partial charge in [-0.25, -0.2) is 0 Å². The lowest BCUT2D eigenvalue weighted by Gasteiger charge is -2.38. The molecule has 174 valence electrons. The number of hydrogen-bond donors (Lipinski definition) is 1. The van der Waals surface area contributed by atoms with Gasteiger partial charge in [0.05, 0.1) is 25.4 Å². The summed E-state index contributed by atoms with van der Waals surface area (Å²) in [7, 11) is 0. The SMILES string of the molecule is CCNC(=NCC(C)N1CCN(CC)CC1)N1CCC(OCC2CCCCO2)CC1. The van der Waals surface area contributed by atoms with Gasteiger partial charge in [0.15, 0.2) is 5.96 Å². The molecule has 0 spiro atoms. The molecule has 2 unspecified atom stereocenters. The minimum absolute atomic E-state index is 0.316. The first-order valence-corrected chi connectivity index (χ1v) is 12.4. The van der Waals surface area contributed by atoms with E-state index in [2.05, 4.69) is 40.8 Å². The Kier molecular flexibility index (Phi) is 10.2. The van der Waals surface area contributed by atoms with Gasteiger partial charge >= 0.3 is 0 Å². The van der Waals surface area contributed by atoms with E-state index in [1.54, 1.807) is 0 Å². The Morgan fingerprint density at radius 2 is 1.83 bits per heavy atom. The molecular formula is C23H45N5O2. The maximum absolute atomic E-state index is 6.18. The van der Waals surface area contributed by atoms with Gasteiger partial charge in [-0.3, -0.25) is 9.89 Å². The number of nitrogens with zero attached hydrogens (tertiary/aromatic N) is 4. The quantitative estimate of drug-likeness (QED) is 0.476. The molecule has 3 saturated heterocycles. The summed E-state index contributed by atoms with van der Waals surface area (Å²) in [6.07, 6.45) is 6.47. The average Bonchev–Trinajstić information content (AvgIpc) is 2.81. The van der Waals surface area contributed by atoms with Crippen LogP contribution >= 0.6 is 0 Å². The predicted molar refractivity (Wildman–Crippen MR) is 123 cm³/mol. The zero-order valence-corrected chi connectivity index (χ0v) is 19.7. The molecular weight excluding hydrogens is 378 g/mol. The van der Waals surface area contributed by atoms with E-state index in [9.17, 15) is 0 Å². The first-order chi connectivity index (χ1) is 14.7. The Bertz CT molecular complexity index is 496. The van der Waals surface area contributed by atoms with E-state index < -0.39 is 0 Å². The van der Waals surface area contributed by atoms with E-state index in [1.165, 1.54) is 25.9 Å². The second-order valence-electron chi connectivity index (χ2n) is 9.02. The summed E-state index contributed by atoms with van der Waals surface area (Å²) in [6, 6.07) is 0.494. The van der Waals surface area contributed by atoms with E-state index in [1.807, 2.05) is 0 Å². The number of nitrogens with one attached hydrogen (secondary N) is 1. The van der Waals surface area contributed by atoms with Crippen molar-refractivity contribution in [3.8, 4) is 0 Å². The van der Waals surface area contributed by atoms with Crippen molar-refractivity contribution in [3.05, 3.63) is 0 Å². The molecule has 7 nitrogen and oxygen atoms in total. The molecule has 0 saturated carbocycles. The number of likely N-dealkylation sites (N-methyl/N-ethyl adjacent to an activating group) is 1. The lowest BCUT2D eigenvalue weighted by molar-refractivity contribution is -0.0721. The van der Waals surface area contributed by atoms with Crippen molar-refractivity contribution >= 4 is 5.96 Å². The van der Waals surface area contributed by atoms with Crippen LogP contribution in [0.1, 0.15) is 52.9 Å². The fourth-order valence-electron chi connectivity index (χ4n) is 4.70. The summed E-state index contributed by atoms with van der Waals surface area (Å²) in [6.45, 7) is 18.1. The maximum Gasteiger partial charge on any atom is 0.193 e. The summed E-state index contributed by atoms with van der Waals surface area (Å²) in [5.41, 5.74) is 0. The number of piperazine rings is 1. The number of ether oxygens (including phenoxy) is 2. The van der Waals surface area contributed by atoms with Gasteiger partial charge < -0.3 is 24.6 Å². The number of piperidine rings is 1. The van der Waals surface area contributed by atoms with Crippen LogP contribution in [0.2, 0.25) is 0 Å². The van der Waals surface area contributed by atoms with Gasteiger partial charge in [0.25, 0.3) is 0 Å². The maximum atomic E-state index is 6.18. The number of likely N-dealkylation sites (tertiary alicyclic amines) is 1. The van der Waals surface area contributed by atoms with Crippen molar-refractivity contribution in [2.75, 3.05) is 72.1 Å². The van der Waals surface area contributed by atoms with Crippen molar-refractivity contribution in [3.63, 3.8) is 0 Å². The summed E-state index contributed by atoms with van der Waals surface area (Å²) < 4.78 is 12.0. The van der Waals surface area contributed by atoms with Crippen molar-refractivity contribution in [1.29, 1.82) is 0 Å². The van der Waals surface area contributed by atoms with Gasteiger partial charge in [0.2, 0.25) is 0 Å². The van der Waals surface area contributed by atoms with Gasteiger partial charge in [-0.05, 0) is 52.5 Å². The van der Waals surface area contributed by atoms with E-state index >= 15 is 0 Å². The van der Waals surface area contributed by atoms with Crippen molar-refractivity contribution in [1.82, 2.24) is 20.0 Å². The van der Waals surface area contributed by atoms with Crippen LogP contribution in [0.5, 0.6) is 0 Å². The number of rotatable bonds is 8. The zero-order chi connectivity index (χ0) is 21.2. The predicted octanol–water partition coefficient (Wildman–Crippen LogP) is 2.03. The van der Waals surface area contributed by atoms with Crippen molar-refractivity contribution in [2.45, 2.75) is 71.1 Å². The largest absolute Gasteiger partial charge is 0.376 e. The van der Waals surface area contributed by atoms with Crippen molar-refractivity contribution < 1.29 is 9.47 Å². The molecule has 0 aromatic rings. The highest BCUT2D eigenvalue weighted by molar-refractivity contribution is 5.80. The molecule has 0 bridgehead atoms. The smallest absolute Gasteiger partial charge is 0.193 e. The Morgan fingerprint density at radius 1 is 1.07 bits per heavy atom. The standard InChI is InChI=1S/C23H45N5O2/c1-4-24-23(25-18-20(3)27-15-13-26(5-2)14-16-27)28-11-9-21(10-12-28)30-19-22-8-6-7-17-29-22/h20-22H,4-19H2,1-3H3,(H,24,25). The van der Waals surface area contributed by atoms with E-state index in [0.29, 0.717) is 18.2 Å². The molecule has 0 aliphatic carbocycles. The summed E-state index contributed by atoms with van der Waals surface area (Å²) in [5.74, 6) is 1.07. The highest BCUT2D eigenvalue weighted by Gasteiger charge is 2.25. The van der Waals surface area contributed by atoms with E-state index in [4.69, 9.17) is 14.5 Å². The molecule has 3 rings (SSSR count). The molecule has 0 aromatic carbocycles. The Labute approximate surface area is 184 Å². The highest BCUT2D eigenvalue weighted by atomic mass is 16.5. The number of hydrogen-bond acceptors (Lipinski definition) is 5. The zero-order valence-electron chi connectivity index (χ0n) is 19.7. The molecule has 30 heavy (non-hydrogen) atoms. The second-order valence-corrected chi connectivity index (χ2v) is 9.02. The topological polar surface area (TPSA) is 52.6 Å². The molecule has 0 amide bonds. The second kappa shape index (κ2) is 12.8. The third-order valence-electron chi connectivity index (χ3n) is 6.85. The number of guanidine groups is 1. The first kappa shape index (κ1) is 23.8. The molecule has 3 fully saturated rings. The molecule has 1 N–H and O–H groups in total. The van der Waals surface area contributed by atoms with Crippen LogP contribution in [0.15, 0.2) is 4.99 Å². The molecule has 0 radical (unpaired) electrons. The molecule has 3 aliphatic heterocycles. The van der Waals surface area contributed by atoms with Gasteiger partial charge in [0, 0.05) is 58.5 Å². The molecule has 7 heteroatoms. The minimum Gasteiger partial charge on any atom is -0.376 e. The molecule has 3 aliphatic rings. The molecule has 0 aromatic heterocycles. The van der Waals surface area contributed by atoms with Crippen LogP contribution < -0.4 is 5.32 Å². The molecule has 3 heterocycles. The minimum atomic E-state index is 0.316. The lowest BCUT2D eigenvalue weighted by Crippen LogP contribution is -2.51. The normalized spacial score (nSPS) is 26.7. The number of aliphatic imine (C=N–C) groups is 1. The van der Waals surface area contributed by atoms with E-state index in [-0.39, 0.29) is 0 Å². The Balaban J connectivity index is 1.40. The van der Waals surface area contributed by atoms with Crippen LogP contribution in [0.4, 0.5) is 0 Å². The van der Waals surface area contributed by atoms with Gasteiger partial charge in [-0.2, -0.15) is 0 Å². The summed E-state index contributed by atoms with van der Waals surface area (Å²) in [4.78, 5) is 12.6.